The monoisotopic (exact) mass is 503 g/mol. The van der Waals surface area contributed by atoms with Gasteiger partial charge < -0.3 is 15.4 Å². The first kappa shape index (κ1) is 25.0. The third kappa shape index (κ3) is 5.93. The molecule has 0 spiro atoms. The minimum Gasteiger partial charge on any atom is -0.491 e. The fraction of sp³-hybridized carbons (Fsp3) is 0.179. The Morgan fingerprint density at radius 2 is 1.56 bits per heavy atom. The Morgan fingerprint density at radius 1 is 0.889 bits per heavy atom. The number of nitrogens with zero attached hydrogens (tertiary/aromatic N) is 1. The van der Waals surface area contributed by atoms with Crippen molar-refractivity contribution in [1.82, 2.24) is 10.2 Å². The van der Waals surface area contributed by atoms with Gasteiger partial charge in [-0.3, -0.25) is 19.3 Å². The van der Waals surface area contributed by atoms with Crippen LogP contribution in [0.3, 0.4) is 0 Å². The molecule has 2 N–H and O–H groups in total. The second-order valence-electron chi connectivity index (χ2n) is 8.57. The molecule has 3 aromatic carbocycles. The van der Waals surface area contributed by atoms with E-state index in [0.717, 1.165) is 21.8 Å². The molecule has 0 aromatic heterocycles. The lowest BCUT2D eigenvalue weighted by atomic mass is 10.1. The van der Waals surface area contributed by atoms with Crippen LogP contribution in [0.2, 0.25) is 0 Å². The number of carbonyl (C=O) groups is 3. The molecule has 0 fully saturated rings. The molecule has 0 radical (unpaired) electrons. The van der Waals surface area contributed by atoms with Gasteiger partial charge in [0, 0.05) is 17.8 Å². The summed E-state index contributed by atoms with van der Waals surface area (Å²) in [5, 5.41) is 5.70. The second-order valence-corrected chi connectivity index (χ2v) is 8.94. The summed E-state index contributed by atoms with van der Waals surface area (Å²) in [6, 6.07) is 23.4. The standard InChI is InChI=1S/C28H26ClN3O4/c1-18(2)36-23-14-12-22(13-15-23)31-26(33)21-10-8-19(9-11-21)16-30-25-24(29)27(34)32(28(25)35)17-20-6-4-3-5-7-20/h3-15,18,30H,16-17H2,1-2H3,(H,31,33). The number of rotatable bonds is 9. The largest absolute Gasteiger partial charge is 0.491 e. The van der Waals surface area contributed by atoms with Crippen molar-refractivity contribution in [3.63, 3.8) is 0 Å². The van der Waals surface area contributed by atoms with Gasteiger partial charge in [-0.15, -0.1) is 0 Å². The van der Waals surface area contributed by atoms with Crippen LogP contribution in [0, 0.1) is 0 Å². The van der Waals surface area contributed by atoms with E-state index in [4.69, 9.17) is 16.3 Å². The minimum absolute atomic E-state index is 0.0734. The first-order chi connectivity index (χ1) is 17.3. The maximum Gasteiger partial charge on any atom is 0.278 e. The molecule has 0 aliphatic carbocycles. The third-order valence-corrected chi connectivity index (χ3v) is 5.81. The molecule has 8 heteroatoms. The van der Waals surface area contributed by atoms with Gasteiger partial charge in [-0.2, -0.15) is 0 Å². The molecule has 36 heavy (non-hydrogen) atoms. The highest BCUT2D eigenvalue weighted by molar-refractivity contribution is 6.47. The van der Waals surface area contributed by atoms with Crippen molar-refractivity contribution in [1.29, 1.82) is 0 Å². The van der Waals surface area contributed by atoms with E-state index >= 15 is 0 Å². The third-order valence-electron chi connectivity index (χ3n) is 5.46. The molecule has 1 aliphatic rings. The predicted octanol–water partition coefficient (Wildman–Crippen LogP) is 4.84. The number of halogens is 1. The molecule has 0 bridgehead atoms. The molecule has 0 unspecified atom stereocenters. The first-order valence-corrected chi connectivity index (χ1v) is 11.9. The Kier molecular flexibility index (Phi) is 7.71. The summed E-state index contributed by atoms with van der Waals surface area (Å²) < 4.78 is 5.61. The van der Waals surface area contributed by atoms with Crippen molar-refractivity contribution in [2.24, 2.45) is 0 Å². The smallest absolute Gasteiger partial charge is 0.278 e. The summed E-state index contributed by atoms with van der Waals surface area (Å²) in [5.41, 5.74) is 2.87. The van der Waals surface area contributed by atoms with E-state index in [-0.39, 0.29) is 35.8 Å². The molecule has 3 aromatic rings. The normalized spacial score (nSPS) is 13.4. The van der Waals surface area contributed by atoms with Gasteiger partial charge in [0.2, 0.25) is 0 Å². The van der Waals surface area contributed by atoms with Gasteiger partial charge in [0.1, 0.15) is 16.5 Å². The summed E-state index contributed by atoms with van der Waals surface area (Å²) in [4.78, 5) is 39.0. The van der Waals surface area contributed by atoms with Crippen LogP contribution in [0.15, 0.2) is 89.6 Å². The van der Waals surface area contributed by atoms with Crippen LogP contribution in [0.4, 0.5) is 5.69 Å². The van der Waals surface area contributed by atoms with Crippen LogP contribution in [-0.2, 0) is 22.7 Å². The van der Waals surface area contributed by atoms with E-state index in [1.54, 1.807) is 48.5 Å². The van der Waals surface area contributed by atoms with E-state index in [0.29, 0.717) is 11.3 Å². The lowest BCUT2D eigenvalue weighted by Crippen LogP contribution is -2.33. The van der Waals surface area contributed by atoms with Gasteiger partial charge in [0.15, 0.2) is 0 Å². The SMILES string of the molecule is CC(C)Oc1ccc(NC(=O)c2ccc(CNC3=C(Cl)C(=O)N(Cc4ccccc4)C3=O)cc2)cc1. The zero-order valence-electron chi connectivity index (χ0n) is 20.0. The number of hydrogen-bond acceptors (Lipinski definition) is 5. The highest BCUT2D eigenvalue weighted by Gasteiger charge is 2.37. The van der Waals surface area contributed by atoms with Gasteiger partial charge in [0.25, 0.3) is 17.7 Å². The molecular weight excluding hydrogens is 478 g/mol. The molecule has 0 saturated heterocycles. The summed E-state index contributed by atoms with van der Waals surface area (Å²) in [6.07, 6.45) is 0.0752. The summed E-state index contributed by atoms with van der Waals surface area (Å²) in [7, 11) is 0. The zero-order chi connectivity index (χ0) is 25.7. The molecule has 1 aliphatic heterocycles. The number of ether oxygens (including phenoxy) is 1. The van der Waals surface area contributed by atoms with Crippen LogP contribution in [0.5, 0.6) is 5.75 Å². The van der Waals surface area contributed by atoms with Gasteiger partial charge >= 0.3 is 0 Å². The molecule has 0 atom stereocenters. The van der Waals surface area contributed by atoms with Gasteiger partial charge in [0.05, 0.1) is 12.6 Å². The van der Waals surface area contributed by atoms with E-state index in [9.17, 15) is 14.4 Å². The van der Waals surface area contributed by atoms with Gasteiger partial charge in [-0.05, 0) is 61.4 Å². The highest BCUT2D eigenvalue weighted by Crippen LogP contribution is 2.24. The zero-order valence-corrected chi connectivity index (χ0v) is 20.7. The highest BCUT2D eigenvalue weighted by atomic mass is 35.5. The lowest BCUT2D eigenvalue weighted by molar-refractivity contribution is -0.138. The van der Waals surface area contributed by atoms with Crippen molar-refractivity contribution < 1.29 is 19.1 Å². The topological polar surface area (TPSA) is 87.7 Å². The molecule has 184 valence electrons. The number of imide groups is 1. The second kappa shape index (κ2) is 11.1. The predicted molar refractivity (Wildman–Crippen MR) is 138 cm³/mol. The van der Waals surface area contributed by atoms with E-state index < -0.39 is 11.8 Å². The Morgan fingerprint density at radius 3 is 2.19 bits per heavy atom. The Balaban J connectivity index is 1.33. The quantitative estimate of drug-likeness (QED) is 0.408. The maximum absolute atomic E-state index is 12.8. The maximum atomic E-state index is 12.8. The van der Waals surface area contributed by atoms with Crippen LogP contribution >= 0.6 is 11.6 Å². The summed E-state index contributed by atoms with van der Waals surface area (Å²) >= 11 is 6.17. The van der Waals surface area contributed by atoms with Crippen LogP contribution in [-0.4, -0.2) is 28.7 Å². The number of amides is 3. The summed E-state index contributed by atoms with van der Waals surface area (Å²) in [6.45, 7) is 4.32. The van der Waals surface area contributed by atoms with Crippen molar-refractivity contribution in [2.45, 2.75) is 33.0 Å². The Bertz CT molecular complexity index is 1290. The molecular formula is C28H26ClN3O4. The van der Waals surface area contributed by atoms with Crippen LogP contribution in [0.25, 0.3) is 0 Å². The number of nitrogens with one attached hydrogen (secondary N) is 2. The Hall–Kier alpha value is -4.10. The molecule has 7 nitrogen and oxygen atoms in total. The van der Waals surface area contributed by atoms with Gasteiger partial charge in [-0.25, -0.2) is 0 Å². The molecule has 3 amide bonds. The van der Waals surface area contributed by atoms with Crippen LogP contribution in [0.1, 0.15) is 35.3 Å². The average Bonchev–Trinajstić information content (AvgIpc) is 3.07. The van der Waals surface area contributed by atoms with Crippen molar-refractivity contribution >= 4 is 35.0 Å². The fourth-order valence-corrected chi connectivity index (χ4v) is 3.92. The minimum atomic E-state index is -0.524. The van der Waals surface area contributed by atoms with Gasteiger partial charge in [-0.1, -0.05) is 54.1 Å². The van der Waals surface area contributed by atoms with Crippen molar-refractivity contribution in [3.05, 3.63) is 106 Å². The molecule has 0 saturated carbocycles. The average molecular weight is 504 g/mol. The van der Waals surface area contributed by atoms with E-state index in [1.165, 1.54) is 0 Å². The van der Waals surface area contributed by atoms with Crippen molar-refractivity contribution in [2.75, 3.05) is 5.32 Å². The number of hydrogen-bond donors (Lipinski definition) is 2. The van der Waals surface area contributed by atoms with E-state index in [2.05, 4.69) is 10.6 Å². The number of anilines is 1. The summed E-state index contributed by atoms with van der Waals surface area (Å²) in [5.74, 6) is -0.495. The molecule has 1 heterocycles. The fourth-order valence-electron chi connectivity index (χ4n) is 3.67. The van der Waals surface area contributed by atoms with E-state index in [1.807, 2.05) is 44.2 Å². The Labute approximate surface area is 214 Å². The number of benzene rings is 3. The molecule has 4 rings (SSSR count). The van der Waals surface area contributed by atoms with Crippen molar-refractivity contribution in [3.8, 4) is 5.75 Å². The van der Waals surface area contributed by atoms with Crippen LogP contribution < -0.4 is 15.4 Å². The first-order valence-electron chi connectivity index (χ1n) is 11.5. The lowest BCUT2D eigenvalue weighted by Gasteiger charge is -2.15. The number of carbonyl (C=O) groups excluding carboxylic acids is 3.